The molecule has 1 aliphatic heterocycles. The molecule has 0 radical (unpaired) electrons. The van der Waals surface area contributed by atoms with Crippen molar-refractivity contribution in [1.82, 2.24) is 0 Å². The first kappa shape index (κ1) is 18.7. The van der Waals surface area contributed by atoms with Crippen LogP contribution in [-0.2, 0) is 19.7 Å². The summed E-state index contributed by atoms with van der Waals surface area (Å²) in [5, 5.41) is -0.621. The van der Waals surface area contributed by atoms with Crippen molar-refractivity contribution < 1.29 is 52.1 Å². The maximum Gasteiger partial charge on any atom is 1.00 e. The molecule has 1 unspecified atom stereocenters. The fourth-order valence-corrected chi connectivity index (χ4v) is 3.87. The van der Waals surface area contributed by atoms with E-state index in [9.17, 15) is 22.6 Å². The third-order valence-electron chi connectivity index (χ3n) is 2.77. The summed E-state index contributed by atoms with van der Waals surface area (Å²) in [7, 11) is -4.29. The smallest absolute Gasteiger partial charge is 0.748 e. The van der Waals surface area contributed by atoms with E-state index in [4.69, 9.17) is 0 Å². The topological polar surface area (TPSA) is 94.6 Å². The van der Waals surface area contributed by atoms with Gasteiger partial charge in [-0.05, 0) is 12.1 Å². The predicted molar refractivity (Wildman–Crippen MR) is 74.4 cm³/mol. The number of hydrogen-bond acceptors (Lipinski definition) is 6. The molecule has 1 fully saturated rings. The standard InChI is InChI=1S/C12H13NO5S2.Na/c14-11-8-10(19-6-7-20(16,17)18)12(15)13(11)9-4-2-1-3-5-9;/h1-5,10H,6-8H2,(H,16,17,18);/q;+1/p-1. The number of rotatable bonds is 5. The predicted octanol–water partition coefficient (Wildman–Crippen LogP) is -2.40. The molecule has 1 heterocycles. The minimum absolute atomic E-state index is 0. The van der Waals surface area contributed by atoms with Gasteiger partial charge in [-0.25, -0.2) is 13.3 Å². The summed E-state index contributed by atoms with van der Waals surface area (Å²) in [6.07, 6.45) is 0.0251. The quantitative estimate of drug-likeness (QED) is 0.338. The number of imide groups is 1. The van der Waals surface area contributed by atoms with Crippen LogP contribution >= 0.6 is 11.8 Å². The van der Waals surface area contributed by atoms with Gasteiger partial charge in [0.25, 0.3) is 0 Å². The van der Waals surface area contributed by atoms with Crippen molar-refractivity contribution >= 4 is 39.4 Å². The number of amides is 2. The molecule has 1 saturated heterocycles. The summed E-state index contributed by atoms with van der Waals surface area (Å²) in [4.78, 5) is 25.1. The molecule has 1 aromatic rings. The zero-order valence-corrected chi connectivity index (χ0v) is 15.0. The molecule has 0 N–H and O–H groups in total. The molecule has 1 aliphatic rings. The van der Waals surface area contributed by atoms with Crippen LogP contribution < -0.4 is 34.5 Å². The molecule has 1 atom stereocenters. The summed E-state index contributed by atoms with van der Waals surface area (Å²) < 4.78 is 31.5. The molecule has 0 aromatic heterocycles. The summed E-state index contributed by atoms with van der Waals surface area (Å²) in [5.41, 5.74) is 0.502. The second-order valence-electron chi connectivity index (χ2n) is 4.23. The number of nitrogens with zero attached hydrogens (tertiary/aromatic N) is 1. The normalized spacial score (nSPS) is 18.7. The Hall–Kier alpha value is -0.380. The van der Waals surface area contributed by atoms with Crippen molar-refractivity contribution in [3.05, 3.63) is 30.3 Å². The summed E-state index contributed by atoms with van der Waals surface area (Å²) in [6, 6.07) is 8.54. The maximum atomic E-state index is 12.1. The average molecular weight is 337 g/mol. The Morgan fingerprint density at radius 1 is 1.24 bits per heavy atom. The van der Waals surface area contributed by atoms with Crippen molar-refractivity contribution in [1.29, 1.82) is 0 Å². The van der Waals surface area contributed by atoms with E-state index in [-0.39, 0.29) is 53.5 Å². The van der Waals surface area contributed by atoms with Crippen LogP contribution in [0.2, 0.25) is 0 Å². The minimum Gasteiger partial charge on any atom is -0.748 e. The molecule has 9 heteroatoms. The summed E-state index contributed by atoms with van der Waals surface area (Å²) in [6.45, 7) is 0. The fourth-order valence-electron chi connectivity index (χ4n) is 1.88. The van der Waals surface area contributed by atoms with Crippen molar-refractivity contribution in [3.63, 3.8) is 0 Å². The van der Waals surface area contributed by atoms with Crippen LogP contribution in [0.5, 0.6) is 0 Å². The van der Waals surface area contributed by atoms with Crippen LogP contribution in [0, 0.1) is 0 Å². The van der Waals surface area contributed by atoms with Gasteiger partial charge in [0.15, 0.2) is 0 Å². The van der Waals surface area contributed by atoms with E-state index in [2.05, 4.69) is 0 Å². The van der Waals surface area contributed by atoms with Gasteiger partial charge in [0.1, 0.15) is 0 Å². The molecule has 0 spiro atoms. The first-order valence-corrected chi connectivity index (χ1v) is 8.48. The van der Waals surface area contributed by atoms with Gasteiger partial charge in [0.2, 0.25) is 11.8 Å². The number of anilines is 1. The van der Waals surface area contributed by atoms with Gasteiger partial charge in [-0.3, -0.25) is 9.59 Å². The van der Waals surface area contributed by atoms with Gasteiger partial charge in [-0.15, -0.1) is 11.8 Å². The first-order chi connectivity index (χ1) is 9.38. The van der Waals surface area contributed by atoms with Crippen LogP contribution in [0.25, 0.3) is 0 Å². The Balaban J connectivity index is 0.00000220. The molecule has 6 nitrogen and oxygen atoms in total. The van der Waals surface area contributed by atoms with Crippen LogP contribution in [-0.4, -0.2) is 41.5 Å². The van der Waals surface area contributed by atoms with Gasteiger partial charge < -0.3 is 4.55 Å². The summed E-state index contributed by atoms with van der Waals surface area (Å²) in [5.74, 6) is -1.21. The number of thioether (sulfide) groups is 1. The van der Waals surface area contributed by atoms with E-state index in [1.165, 1.54) is 0 Å². The first-order valence-electron chi connectivity index (χ1n) is 5.85. The molecular weight excluding hydrogens is 325 g/mol. The number of carbonyl (C=O) groups excluding carboxylic acids is 2. The molecule has 2 amide bonds. The van der Waals surface area contributed by atoms with Crippen LogP contribution in [0.3, 0.4) is 0 Å². The van der Waals surface area contributed by atoms with E-state index < -0.39 is 21.1 Å². The van der Waals surface area contributed by atoms with Gasteiger partial charge >= 0.3 is 29.6 Å². The van der Waals surface area contributed by atoms with E-state index in [1.807, 2.05) is 0 Å². The Kier molecular flexibility index (Phi) is 6.89. The molecule has 1 aromatic carbocycles. The molecular formula is C12H12NNaO5S2. The number of benzene rings is 1. The van der Waals surface area contributed by atoms with Gasteiger partial charge in [0.05, 0.1) is 21.1 Å². The van der Waals surface area contributed by atoms with Crippen LogP contribution in [0.4, 0.5) is 5.69 Å². The molecule has 21 heavy (non-hydrogen) atoms. The van der Waals surface area contributed by atoms with Crippen molar-refractivity contribution in [2.75, 3.05) is 16.4 Å². The third kappa shape index (κ3) is 5.08. The maximum absolute atomic E-state index is 12.1. The van der Waals surface area contributed by atoms with E-state index in [0.717, 1.165) is 16.7 Å². The van der Waals surface area contributed by atoms with Crippen LogP contribution in [0.1, 0.15) is 6.42 Å². The molecule has 0 bridgehead atoms. The Morgan fingerprint density at radius 2 is 1.86 bits per heavy atom. The SMILES string of the molecule is O=C1CC(SCCS(=O)(=O)[O-])C(=O)N1c1ccccc1.[Na+]. The van der Waals surface area contributed by atoms with E-state index in [1.54, 1.807) is 30.3 Å². The van der Waals surface area contributed by atoms with Crippen molar-refractivity contribution in [3.8, 4) is 0 Å². The van der Waals surface area contributed by atoms with E-state index >= 15 is 0 Å². The number of carbonyl (C=O) groups is 2. The Morgan fingerprint density at radius 3 is 2.43 bits per heavy atom. The second-order valence-corrected chi connectivity index (χ2v) is 7.06. The minimum atomic E-state index is -4.29. The molecule has 108 valence electrons. The van der Waals surface area contributed by atoms with Crippen molar-refractivity contribution in [2.45, 2.75) is 11.7 Å². The zero-order valence-electron chi connectivity index (χ0n) is 11.4. The number of para-hydroxylation sites is 1. The number of hydrogen-bond donors (Lipinski definition) is 0. The molecule has 0 aliphatic carbocycles. The van der Waals surface area contributed by atoms with E-state index in [0.29, 0.717) is 5.69 Å². The Bertz CT molecular complexity index is 620. The molecule has 2 rings (SSSR count). The van der Waals surface area contributed by atoms with Gasteiger partial charge in [-0.2, -0.15) is 0 Å². The Labute approximate surface area is 149 Å². The fraction of sp³-hybridized carbons (Fsp3) is 0.333. The monoisotopic (exact) mass is 337 g/mol. The third-order valence-corrected chi connectivity index (χ3v) is 4.95. The second kappa shape index (κ2) is 7.75. The zero-order chi connectivity index (χ0) is 14.8. The summed E-state index contributed by atoms with van der Waals surface area (Å²) >= 11 is 1.03. The largest absolute Gasteiger partial charge is 1.00 e. The van der Waals surface area contributed by atoms with Crippen LogP contribution in [0.15, 0.2) is 30.3 Å². The van der Waals surface area contributed by atoms with Gasteiger partial charge in [0, 0.05) is 17.9 Å². The average Bonchev–Trinajstić information content (AvgIpc) is 2.64. The molecule has 0 saturated carbocycles. The van der Waals surface area contributed by atoms with Gasteiger partial charge in [-0.1, -0.05) is 18.2 Å². The van der Waals surface area contributed by atoms with Crippen molar-refractivity contribution in [2.24, 2.45) is 0 Å².